The van der Waals surface area contributed by atoms with E-state index < -0.39 is 6.04 Å². The van der Waals surface area contributed by atoms with Gasteiger partial charge in [0.05, 0.1) is 0 Å². The molecule has 0 radical (unpaired) electrons. The van der Waals surface area contributed by atoms with Crippen molar-refractivity contribution in [3.05, 3.63) is 35.9 Å². The summed E-state index contributed by atoms with van der Waals surface area (Å²) in [4.78, 5) is 26.2. The van der Waals surface area contributed by atoms with Crippen LogP contribution in [-0.2, 0) is 16.0 Å². The Bertz CT molecular complexity index is 485. The van der Waals surface area contributed by atoms with E-state index in [0.717, 1.165) is 5.56 Å². The maximum atomic E-state index is 12.4. The Morgan fingerprint density at radius 1 is 1.20 bits per heavy atom. The van der Waals surface area contributed by atoms with E-state index in [-0.39, 0.29) is 17.9 Å². The Morgan fingerprint density at radius 2 is 1.85 bits per heavy atom. The number of piperazine rings is 1. The molecule has 0 saturated carbocycles. The summed E-state index contributed by atoms with van der Waals surface area (Å²) in [5, 5.41) is 2.87. The highest BCUT2D eigenvalue weighted by Crippen LogP contribution is 2.17. The lowest BCUT2D eigenvalue weighted by Gasteiger charge is -2.37. The van der Waals surface area contributed by atoms with Crippen LogP contribution in [0, 0.1) is 5.92 Å². The number of nitrogens with one attached hydrogen (secondary N) is 1. The van der Waals surface area contributed by atoms with Gasteiger partial charge >= 0.3 is 0 Å². The average Bonchev–Trinajstić information content (AvgIpc) is 2.42. The quantitative estimate of drug-likeness (QED) is 0.906. The molecule has 2 rings (SSSR count). The zero-order valence-corrected chi connectivity index (χ0v) is 12.3. The number of hydrogen-bond acceptors (Lipinski definition) is 2. The summed E-state index contributed by atoms with van der Waals surface area (Å²) in [7, 11) is 1.73. The number of likely N-dealkylation sites (N-methyl/N-ethyl adjacent to an activating group) is 1. The van der Waals surface area contributed by atoms with Gasteiger partial charge in [-0.05, 0) is 17.9 Å². The van der Waals surface area contributed by atoms with Gasteiger partial charge in [0, 0.05) is 13.5 Å². The van der Waals surface area contributed by atoms with Gasteiger partial charge in [-0.1, -0.05) is 44.2 Å². The smallest absolute Gasteiger partial charge is 0.245 e. The highest BCUT2D eigenvalue weighted by atomic mass is 16.2. The van der Waals surface area contributed by atoms with E-state index in [2.05, 4.69) is 19.2 Å². The third-order valence-corrected chi connectivity index (χ3v) is 3.71. The van der Waals surface area contributed by atoms with Gasteiger partial charge in [-0.15, -0.1) is 0 Å². The maximum Gasteiger partial charge on any atom is 0.245 e. The summed E-state index contributed by atoms with van der Waals surface area (Å²) in [6.07, 6.45) is 1.25. The second kappa shape index (κ2) is 6.07. The van der Waals surface area contributed by atoms with Crippen LogP contribution in [0.25, 0.3) is 0 Å². The largest absolute Gasteiger partial charge is 0.342 e. The number of nitrogens with zero attached hydrogens (tertiary/aromatic N) is 1. The molecule has 1 aromatic carbocycles. The molecule has 108 valence electrons. The monoisotopic (exact) mass is 274 g/mol. The zero-order valence-electron chi connectivity index (χ0n) is 12.3. The summed E-state index contributed by atoms with van der Waals surface area (Å²) in [5.74, 6) is 0.340. The first-order valence-electron chi connectivity index (χ1n) is 7.10. The van der Waals surface area contributed by atoms with Crippen LogP contribution < -0.4 is 5.32 Å². The lowest BCUT2D eigenvalue weighted by Crippen LogP contribution is -2.62. The van der Waals surface area contributed by atoms with E-state index in [1.54, 1.807) is 11.9 Å². The number of amides is 2. The molecule has 1 aliphatic rings. The third-order valence-electron chi connectivity index (χ3n) is 3.71. The molecule has 1 fully saturated rings. The molecule has 0 bridgehead atoms. The van der Waals surface area contributed by atoms with Gasteiger partial charge in [-0.2, -0.15) is 0 Å². The Morgan fingerprint density at radius 3 is 2.45 bits per heavy atom. The predicted octanol–water partition coefficient (Wildman–Crippen LogP) is 1.60. The van der Waals surface area contributed by atoms with Crippen LogP contribution in [-0.4, -0.2) is 35.8 Å². The lowest BCUT2D eigenvalue weighted by atomic mass is 9.96. The Hall–Kier alpha value is -1.84. The Kier molecular flexibility index (Phi) is 4.42. The zero-order chi connectivity index (χ0) is 14.7. The number of carbonyl (C=O) groups excluding carboxylic acids is 2. The Labute approximate surface area is 120 Å². The first-order chi connectivity index (χ1) is 9.49. The summed E-state index contributed by atoms with van der Waals surface area (Å²) in [6, 6.07) is 8.98. The first-order valence-corrected chi connectivity index (χ1v) is 7.10. The van der Waals surface area contributed by atoms with Crippen molar-refractivity contribution < 1.29 is 9.59 Å². The van der Waals surface area contributed by atoms with Crippen LogP contribution in [0.2, 0.25) is 0 Å². The van der Waals surface area contributed by atoms with Gasteiger partial charge in [0.1, 0.15) is 12.1 Å². The predicted molar refractivity (Wildman–Crippen MR) is 78.1 cm³/mol. The number of carbonyl (C=O) groups is 2. The van der Waals surface area contributed by atoms with Gasteiger partial charge in [0.2, 0.25) is 11.8 Å². The molecular weight excluding hydrogens is 252 g/mol. The van der Waals surface area contributed by atoms with Gasteiger partial charge in [0.25, 0.3) is 0 Å². The highest BCUT2D eigenvalue weighted by molar-refractivity contribution is 5.96. The van der Waals surface area contributed by atoms with Gasteiger partial charge in [-0.3, -0.25) is 9.59 Å². The van der Waals surface area contributed by atoms with Crippen molar-refractivity contribution in [3.63, 3.8) is 0 Å². The first kappa shape index (κ1) is 14.6. The number of hydrogen-bond donors (Lipinski definition) is 1. The van der Waals surface area contributed by atoms with Gasteiger partial charge in [-0.25, -0.2) is 0 Å². The molecule has 2 atom stereocenters. The SMILES string of the molecule is CC(C)C[C@H]1C(=O)N[C@@H](Cc2ccccc2)C(=O)N1C. The Balaban J connectivity index is 2.08. The molecule has 1 aliphatic heterocycles. The van der Waals surface area contributed by atoms with E-state index in [1.165, 1.54) is 0 Å². The molecule has 0 aromatic heterocycles. The molecule has 4 nitrogen and oxygen atoms in total. The van der Waals surface area contributed by atoms with E-state index in [1.807, 2.05) is 30.3 Å². The van der Waals surface area contributed by atoms with Crippen LogP contribution in [0.1, 0.15) is 25.8 Å². The number of rotatable bonds is 4. The minimum Gasteiger partial charge on any atom is -0.342 e. The van der Waals surface area contributed by atoms with E-state index in [9.17, 15) is 9.59 Å². The molecule has 1 heterocycles. The fraction of sp³-hybridized carbons (Fsp3) is 0.500. The van der Waals surface area contributed by atoms with Crippen molar-refractivity contribution in [2.45, 2.75) is 38.8 Å². The van der Waals surface area contributed by atoms with Crippen molar-refractivity contribution in [2.75, 3.05) is 7.05 Å². The van der Waals surface area contributed by atoms with Crippen molar-refractivity contribution >= 4 is 11.8 Å². The van der Waals surface area contributed by atoms with Crippen molar-refractivity contribution in [1.82, 2.24) is 10.2 Å². The lowest BCUT2D eigenvalue weighted by molar-refractivity contribution is -0.148. The van der Waals surface area contributed by atoms with Crippen molar-refractivity contribution in [3.8, 4) is 0 Å². The minimum absolute atomic E-state index is 0.000830. The molecule has 2 amide bonds. The summed E-state index contributed by atoms with van der Waals surface area (Å²) in [6.45, 7) is 4.11. The normalized spacial score (nSPS) is 23.1. The molecule has 1 aromatic rings. The van der Waals surface area contributed by atoms with Crippen molar-refractivity contribution in [2.24, 2.45) is 5.92 Å². The minimum atomic E-state index is -0.446. The topological polar surface area (TPSA) is 49.4 Å². The molecule has 1 N–H and O–H groups in total. The van der Waals surface area contributed by atoms with Gasteiger partial charge < -0.3 is 10.2 Å². The van der Waals surface area contributed by atoms with E-state index >= 15 is 0 Å². The summed E-state index contributed by atoms with van der Waals surface area (Å²) >= 11 is 0. The van der Waals surface area contributed by atoms with Crippen LogP contribution >= 0.6 is 0 Å². The summed E-state index contributed by atoms with van der Waals surface area (Å²) < 4.78 is 0. The van der Waals surface area contributed by atoms with E-state index in [4.69, 9.17) is 0 Å². The second-order valence-corrected chi connectivity index (χ2v) is 5.85. The molecule has 4 heteroatoms. The maximum absolute atomic E-state index is 12.4. The third kappa shape index (κ3) is 3.18. The fourth-order valence-corrected chi connectivity index (χ4v) is 2.60. The van der Waals surface area contributed by atoms with Crippen LogP contribution in [0.3, 0.4) is 0 Å². The molecule has 0 aliphatic carbocycles. The highest BCUT2D eigenvalue weighted by Gasteiger charge is 2.38. The molecule has 0 unspecified atom stereocenters. The van der Waals surface area contributed by atoms with Crippen LogP contribution in [0.4, 0.5) is 0 Å². The molecular formula is C16H22N2O2. The molecule has 0 spiro atoms. The second-order valence-electron chi connectivity index (χ2n) is 5.85. The van der Waals surface area contributed by atoms with E-state index in [0.29, 0.717) is 18.8 Å². The molecule has 20 heavy (non-hydrogen) atoms. The molecule has 1 saturated heterocycles. The van der Waals surface area contributed by atoms with Crippen LogP contribution in [0.15, 0.2) is 30.3 Å². The van der Waals surface area contributed by atoms with Gasteiger partial charge in [0.15, 0.2) is 0 Å². The number of benzene rings is 1. The fourth-order valence-electron chi connectivity index (χ4n) is 2.60. The average molecular weight is 274 g/mol. The van der Waals surface area contributed by atoms with Crippen molar-refractivity contribution in [1.29, 1.82) is 0 Å². The standard InChI is InChI=1S/C16H22N2O2/c1-11(2)9-14-15(19)17-13(16(20)18(14)3)10-12-7-5-4-6-8-12/h4-8,11,13-14H,9-10H2,1-3H3,(H,17,19)/t13-,14-/m0/s1. The summed E-state index contributed by atoms with van der Waals surface area (Å²) in [5.41, 5.74) is 1.06. The van der Waals surface area contributed by atoms with Crippen LogP contribution in [0.5, 0.6) is 0 Å².